The molecule has 0 saturated carbocycles. The second-order valence-electron chi connectivity index (χ2n) is 3.59. The summed E-state index contributed by atoms with van der Waals surface area (Å²) in [5.41, 5.74) is 0.927. The van der Waals surface area contributed by atoms with E-state index in [0.29, 0.717) is 6.54 Å². The number of hydrogen-bond donors (Lipinski definition) is 1. The minimum Gasteiger partial charge on any atom is -0.497 e. The van der Waals surface area contributed by atoms with Crippen LogP contribution >= 0.6 is 0 Å². The Hall–Kier alpha value is -1.81. The Morgan fingerprint density at radius 1 is 1.41 bits per heavy atom. The van der Waals surface area contributed by atoms with Crippen LogP contribution in [-0.4, -0.2) is 43.2 Å². The third-order valence-electron chi connectivity index (χ3n) is 2.35. The smallest absolute Gasteiger partial charge is 0.246 e. The highest BCUT2D eigenvalue weighted by molar-refractivity contribution is 5.91. The lowest BCUT2D eigenvalue weighted by molar-refractivity contribution is -0.125. The minimum absolute atomic E-state index is 0.0292. The van der Waals surface area contributed by atoms with Gasteiger partial charge in [-0.3, -0.25) is 4.79 Å². The maximum Gasteiger partial charge on any atom is 0.246 e. The summed E-state index contributed by atoms with van der Waals surface area (Å²) >= 11 is 0. The summed E-state index contributed by atoms with van der Waals surface area (Å²) < 4.78 is 5.04. The summed E-state index contributed by atoms with van der Waals surface area (Å²) in [7, 11) is 3.26. The number of carbonyl (C=O) groups excluding carboxylic acids is 1. The second kappa shape index (κ2) is 6.70. The van der Waals surface area contributed by atoms with Crippen molar-refractivity contribution < 1.29 is 14.6 Å². The first-order chi connectivity index (χ1) is 8.17. The summed E-state index contributed by atoms with van der Waals surface area (Å²) in [6.07, 6.45) is 3.22. The summed E-state index contributed by atoms with van der Waals surface area (Å²) in [6, 6.07) is 7.41. The van der Waals surface area contributed by atoms with E-state index in [1.165, 1.54) is 11.0 Å². The lowest BCUT2D eigenvalue weighted by Gasteiger charge is -2.12. The van der Waals surface area contributed by atoms with Gasteiger partial charge in [-0.25, -0.2) is 0 Å². The lowest BCUT2D eigenvalue weighted by atomic mass is 10.2. The number of carbonyl (C=O) groups is 1. The van der Waals surface area contributed by atoms with Gasteiger partial charge in [-0.1, -0.05) is 12.1 Å². The van der Waals surface area contributed by atoms with Gasteiger partial charge in [-0.15, -0.1) is 0 Å². The van der Waals surface area contributed by atoms with Crippen LogP contribution in [0.1, 0.15) is 5.56 Å². The maximum absolute atomic E-state index is 11.5. The lowest BCUT2D eigenvalue weighted by Crippen LogP contribution is -2.27. The quantitative estimate of drug-likeness (QED) is 0.779. The molecule has 0 radical (unpaired) electrons. The molecule has 4 nitrogen and oxygen atoms in total. The van der Waals surface area contributed by atoms with E-state index in [9.17, 15) is 4.79 Å². The molecule has 1 N–H and O–H groups in total. The highest BCUT2D eigenvalue weighted by Gasteiger charge is 2.02. The topological polar surface area (TPSA) is 49.8 Å². The zero-order valence-electron chi connectivity index (χ0n) is 10.1. The summed E-state index contributed by atoms with van der Waals surface area (Å²) in [4.78, 5) is 13.0. The van der Waals surface area contributed by atoms with Crippen molar-refractivity contribution >= 4 is 12.0 Å². The molecule has 0 bridgehead atoms. The van der Waals surface area contributed by atoms with Crippen molar-refractivity contribution in [1.29, 1.82) is 0 Å². The third-order valence-corrected chi connectivity index (χ3v) is 2.35. The average Bonchev–Trinajstić information content (AvgIpc) is 2.36. The first-order valence-electron chi connectivity index (χ1n) is 5.35. The van der Waals surface area contributed by atoms with Gasteiger partial charge in [0, 0.05) is 19.7 Å². The fourth-order valence-corrected chi connectivity index (χ4v) is 1.27. The monoisotopic (exact) mass is 235 g/mol. The Balaban J connectivity index is 2.60. The van der Waals surface area contributed by atoms with Crippen LogP contribution in [0.25, 0.3) is 6.08 Å². The number of aliphatic hydroxyl groups excluding tert-OH is 1. The number of ether oxygens (including phenoxy) is 1. The van der Waals surface area contributed by atoms with E-state index in [2.05, 4.69) is 0 Å². The normalized spacial score (nSPS) is 10.5. The van der Waals surface area contributed by atoms with Crippen LogP contribution in [0.15, 0.2) is 30.3 Å². The van der Waals surface area contributed by atoms with Crippen molar-refractivity contribution in [2.24, 2.45) is 0 Å². The Morgan fingerprint density at radius 2 is 2.06 bits per heavy atom. The molecule has 0 aromatic heterocycles. The molecule has 0 atom stereocenters. The van der Waals surface area contributed by atoms with Crippen LogP contribution < -0.4 is 4.74 Å². The van der Waals surface area contributed by atoms with Crippen molar-refractivity contribution in [3.05, 3.63) is 35.9 Å². The number of methoxy groups -OCH3 is 1. The first kappa shape index (κ1) is 13.3. The van der Waals surface area contributed by atoms with Gasteiger partial charge in [0.2, 0.25) is 5.91 Å². The molecule has 1 aromatic carbocycles. The molecule has 0 unspecified atom stereocenters. The van der Waals surface area contributed by atoms with Crippen molar-refractivity contribution in [3.63, 3.8) is 0 Å². The van der Waals surface area contributed by atoms with Crippen molar-refractivity contribution in [2.75, 3.05) is 27.3 Å². The van der Waals surface area contributed by atoms with Gasteiger partial charge in [0.05, 0.1) is 13.7 Å². The molecule has 1 aromatic rings. The van der Waals surface area contributed by atoms with Gasteiger partial charge < -0.3 is 14.7 Å². The van der Waals surface area contributed by atoms with E-state index >= 15 is 0 Å². The summed E-state index contributed by atoms with van der Waals surface area (Å²) in [5.74, 6) is 0.653. The van der Waals surface area contributed by atoms with Gasteiger partial charge in [0.1, 0.15) is 5.75 Å². The molecule has 0 saturated heterocycles. The van der Waals surface area contributed by atoms with Crippen LogP contribution in [0.3, 0.4) is 0 Å². The number of benzene rings is 1. The predicted molar refractivity (Wildman–Crippen MR) is 66.8 cm³/mol. The van der Waals surface area contributed by atoms with Crippen molar-refractivity contribution in [2.45, 2.75) is 0 Å². The number of rotatable bonds is 5. The van der Waals surface area contributed by atoms with Crippen LogP contribution in [0.5, 0.6) is 5.75 Å². The zero-order chi connectivity index (χ0) is 12.7. The largest absolute Gasteiger partial charge is 0.497 e. The molecule has 1 rings (SSSR count). The Bertz CT molecular complexity index is 384. The molecule has 0 aliphatic heterocycles. The third kappa shape index (κ3) is 4.28. The fourth-order valence-electron chi connectivity index (χ4n) is 1.27. The first-order valence-corrected chi connectivity index (χ1v) is 5.35. The number of nitrogens with zero attached hydrogens (tertiary/aromatic N) is 1. The van der Waals surface area contributed by atoms with E-state index in [1.54, 1.807) is 20.2 Å². The molecule has 0 aliphatic rings. The highest BCUT2D eigenvalue weighted by atomic mass is 16.5. The number of aliphatic hydroxyl groups is 1. The van der Waals surface area contributed by atoms with Gasteiger partial charge >= 0.3 is 0 Å². The molecule has 17 heavy (non-hydrogen) atoms. The fraction of sp³-hybridized carbons (Fsp3) is 0.308. The Kier molecular flexibility index (Phi) is 5.23. The van der Waals surface area contributed by atoms with Crippen LogP contribution in [-0.2, 0) is 4.79 Å². The Labute approximate surface area is 101 Å². The van der Waals surface area contributed by atoms with E-state index in [0.717, 1.165) is 11.3 Å². The predicted octanol–water partition coefficient (Wildman–Crippen LogP) is 1.16. The van der Waals surface area contributed by atoms with E-state index < -0.39 is 0 Å². The second-order valence-corrected chi connectivity index (χ2v) is 3.59. The molecule has 0 fully saturated rings. The Morgan fingerprint density at radius 3 is 2.59 bits per heavy atom. The minimum atomic E-state index is -0.130. The summed E-state index contributed by atoms with van der Waals surface area (Å²) in [5, 5.41) is 8.70. The molecule has 0 heterocycles. The van der Waals surface area contributed by atoms with Gasteiger partial charge in [-0.2, -0.15) is 0 Å². The summed E-state index contributed by atoms with van der Waals surface area (Å²) in [6.45, 7) is 0.310. The standard InChI is InChI=1S/C13H17NO3/c1-14(9-10-15)13(16)8-5-11-3-6-12(17-2)7-4-11/h3-8,15H,9-10H2,1-2H3/b8-5+. The molecular weight excluding hydrogens is 218 g/mol. The van der Waals surface area contributed by atoms with E-state index in [-0.39, 0.29) is 12.5 Å². The molecular formula is C13H17NO3. The number of amides is 1. The molecule has 92 valence electrons. The van der Waals surface area contributed by atoms with Gasteiger partial charge in [0.25, 0.3) is 0 Å². The molecule has 4 heteroatoms. The molecule has 0 spiro atoms. The SMILES string of the molecule is COc1ccc(/C=C/C(=O)N(C)CCO)cc1. The molecule has 1 amide bonds. The van der Waals surface area contributed by atoms with E-state index in [1.807, 2.05) is 24.3 Å². The van der Waals surface area contributed by atoms with Gasteiger partial charge in [-0.05, 0) is 23.8 Å². The van der Waals surface area contributed by atoms with Crippen LogP contribution in [0, 0.1) is 0 Å². The van der Waals surface area contributed by atoms with E-state index in [4.69, 9.17) is 9.84 Å². The zero-order valence-corrected chi connectivity index (χ0v) is 10.1. The van der Waals surface area contributed by atoms with Crippen molar-refractivity contribution in [3.8, 4) is 5.75 Å². The van der Waals surface area contributed by atoms with Crippen molar-refractivity contribution in [1.82, 2.24) is 4.90 Å². The van der Waals surface area contributed by atoms with Gasteiger partial charge in [0.15, 0.2) is 0 Å². The number of hydrogen-bond acceptors (Lipinski definition) is 3. The molecule has 0 aliphatic carbocycles. The van der Waals surface area contributed by atoms with Crippen LogP contribution in [0.2, 0.25) is 0 Å². The van der Waals surface area contributed by atoms with Crippen LogP contribution in [0.4, 0.5) is 0 Å². The maximum atomic E-state index is 11.5. The average molecular weight is 235 g/mol. The number of likely N-dealkylation sites (N-methyl/N-ethyl adjacent to an activating group) is 1. The highest BCUT2D eigenvalue weighted by Crippen LogP contribution is 2.12.